The van der Waals surface area contributed by atoms with E-state index in [0.29, 0.717) is 12.3 Å². The summed E-state index contributed by atoms with van der Waals surface area (Å²) in [6.45, 7) is 3.94. The van der Waals surface area contributed by atoms with Gasteiger partial charge < -0.3 is 10.4 Å². The fraction of sp³-hybridized carbons (Fsp3) is 0.500. The number of hydrogen-bond donors (Lipinski definition) is 2. The van der Waals surface area contributed by atoms with E-state index in [9.17, 15) is 15.2 Å². The molecule has 0 aliphatic rings. The Bertz CT molecular complexity index is 424. The van der Waals surface area contributed by atoms with Crippen molar-refractivity contribution in [3.8, 4) is 0 Å². The SMILES string of the molecule is CC(C)CC(CO)Nc1c(Cl)cccc1[N+](=O)[O-]. The summed E-state index contributed by atoms with van der Waals surface area (Å²) in [5.41, 5.74) is 0.188. The number of hydrogen-bond acceptors (Lipinski definition) is 4. The zero-order valence-corrected chi connectivity index (χ0v) is 11.1. The van der Waals surface area contributed by atoms with Crippen LogP contribution < -0.4 is 5.32 Å². The number of halogens is 1. The Balaban J connectivity index is 2.97. The van der Waals surface area contributed by atoms with Gasteiger partial charge in [0.05, 0.1) is 16.6 Å². The molecule has 0 aromatic heterocycles. The van der Waals surface area contributed by atoms with Crippen molar-refractivity contribution in [2.45, 2.75) is 26.3 Å². The van der Waals surface area contributed by atoms with E-state index in [1.165, 1.54) is 12.1 Å². The molecule has 1 aromatic rings. The molecule has 1 unspecified atom stereocenters. The Morgan fingerprint density at radius 2 is 2.17 bits per heavy atom. The van der Waals surface area contributed by atoms with Gasteiger partial charge in [0.2, 0.25) is 0 Å². The molecule has 100 valence electrons. The smallest absolute Gasteiger partial charge is 0.293 e. The third-order valence-corrected chi connectivity index (χ3v) is 2.83. The average molecular weight is 273 g/mol. The van der Waals surface area contributed by atoms with Gasteiger partial charge in [-0.3, -0.25) is 10.1 Å². The van der Waals surface area contributed by atoms with Crippen LogP contribution in [-0.4, -0.2) is 22.7 Å². The molecule has 6 heteroatoms. The van der Waals surface area contributed by atoms with Crippen molar-refractivity contribution in [2.75, 3.05) is 11.9 Å². The van der Waals surface area contributed by atoms with E-state index < -0.39 is 4.92 Å². The second kappa shape index (κ2) is 6.56. The topological polar surface area (TPSA) is 75.4 Å². The third kappa shape index (κ3) is 3.85. The van der Waals surface area contributed by atoms with Crippen LogP contribution >= 0.6 is 11.6 Å². The summed E-state index contributed by atoms with van der Waals surface area (Å²) in [5.74, 6) is 0.371. The van der Waals surface area contributed by atoms with Gasteiger partial charge in [0.15, 0.2) is 0 Å². The molecule has 0 aliphatic carbocycles. The molecule has 0 aliphatic heterocycles. The van der Waals surface area contributed by atoms with Crippen LogP contribution in [0.25, 0.3) is 0 Å². The van der Waals surface area contributed by atoms with Gasteiger partial charge in [-0.25, -0.2) is 0 Å². The predicted octanol–water partition coefficient (Wildman–Crippen LogP) is 3.07. The fourth-order valence-electron chi connectivity index (χ4n) is 1.76. The van der Waals surface area contributed by atoms with Gasteiger partial charge in [-0.05, 0) is 18.4 Å². The molecule has 0 fully saturated rings. The lowest BCUT2D eigenvalue weighted by Crippen LogP contribution is -2.26. The van der Waals surface area contributed by atoms with Gasteiger partial charge >= 0.3 is 0 Å². The Labute approximate surface area is 111 Å². The summed E-state index contributed by atoms with van der Waals surface area (Å²) in [4.78, 5) is 10.4. The number of nitrogens with one attached hydrogen (secondary N) is 1. The fourth-order valence-corrected chi connectivity index (χ4v) is 1.98. The second-order valence-electron chi connectivity index (χ2n) is 4.54. The first-order valence-electron chi connectivity index (χ1n) is 5.76. The van der Waals surface area contributed by atoms with Crippen molar-refractivity contribution >= 4 is 23.0 Å². The maximum atomic E-state index is 10.9. The van der Waals surface area contributed by atoms with Crippen molar-refractivity contribution in [1.82, 2.24) is 0 Å². The van der Waals surface area contributed by atoms with Crippen LogP contribution in [0.3, 0.4) is 0 Å². The lowest BCUT2D eigenvalue weighted by atomic mass is 10.0. The van der Waals surface area contributed by atoms with Crippen molar-refractivity contribution < 1.29 is 10.0 Å². The molecule has 1 rings (SSSR count). The first-order valence-corrected chi connectivity index (χ1v) is 6.13. The van der Waals surface area contributed by atoms with Crippen LogP contribution in [0.2, 0.25) is 5.02 Å². The molecule has 5 nitrogen and oxygen atoms in total. The summed E-state index contributed by atoms with van der Waals surface area (Å²) < 4.78 is 0. The maximum Gasteiger partial charge on any atom is 0.293 e. The largest absolute Gasteiger partial charge is 0.394 e. The minimum Gasteiger partial charge on any atom is -0.394 e. The van der Waals surface area contributed by atoms with Crippen LogP contribution in [-0.2, 0) is 0 Å². The highest BCUT2D eigenvalue weighted by atomic mass is 35.5. The minimum atomic E-state index is -0.488. The minimum absolute atomic E-state index is 0.0790. The number of anilines is 1. The van der Waals surface area contributed by atoms with Crippen LogP contribution in [0.5, 0.6) is 0 Å². The number of aliphatic hydroxyl groups is 1. The van der Waals surface area contributed by atoms with Gasteiger partial charge in [-0.2, -0.15) is 0 Å². The normalized spacial score (nSPS) is 12.5. The first kappa shape index (κ1) is 14.7. The molecule has 1 atom stereocenters. The highest BCUT2D eigenvalue weighted by Crippen LogP contribution is 2.32. The number of nitro groups is 1. The molecule has 0 spiro atoms. The van der Waals surface area contributed by atoms with Crippen LogP contribution in [0.15, 0.2) is 18.2 Å². The third-order valence-electron chi connectivity index (χ3n) is 2.51. The van der Waals surface area contributed by atoms with Crippen LogP contribution in [0.4, 0.5) is 11.4 Å². The molecule has 0 saturated heterocycles. The summed E-state index contributed by atoms with van der Waals surface area (Å²) in [5, 5.41) is 23.4. The van der Waals surface area contributed by atoms with Crippen LogP contribution in [0.1, 0.15) is 20.3 Å². The number of aliphatic hydroxyl groups excluding tert-OH is 1. The van der Waals surface area contributed by atoms with Gasteiger partial charge in [-0.15, -0.1) is 0 Å². The van der Waals surface area contributed by atoms with E-state index in [-0.39, 0.29) is 29.0 Å². The van der Waals surface area contributed by atoms with E-state index in [4.69, 9.17) is 11.6 Å². The second-order valence-corrected chi connectivity index (χ2v) is 4.95. The number of rotatable bonds is 6. The number of nitrogens with zero attached hydrogens (tertiary/aromatic N) is 1. The molecule has 1 aromatic carbocycles. The monoisotopic (exact) mass is 272 g/mol. The van der Waals surface area contributed by atoms with Crippen molar-refractivity contribution in [2.24, 2.45) is 5.92 Å². The summed E-state index contributed by atoms with van der Waals surface area (Å²) in [6, 6.07) is 4.25. The van der Waals surface area contributed by atoms with E-state index in [0.717, 1.165) is 0 Å². The van der Waals surface area contributed by atoms with E-state index in [2.05, 4.69) is 5.32 Å². The summed E-state index contributed by atoms with van der Waals surface area (Å²) in [6.07, 6.45) is 0.707. The Hall–Kier alpha value is -1.33. The van der Waals surface area contributed by atoms with Crippen molar-refractivity contribution in [3.63, 3.8) is 0 Å². The lowest BCUT2D eigenvalue weighted by Gasteiger charge is -2.20. The zero-order chi connectivity index (χ0) is 13.7. The number of para-hydroxylation sites is 1. The molecule has 0 saturated carbocycles. The molecule has 0 bridgehead atoms. The number of nitro benzene ring substituents is 1. The zero-order valence-electron chi connectivity index (χ0n) is 10.4. The Kier molecular flexibility index (Phi) is 5.37. The van der Waals surface area contributed by atoms with Crippen LogP contribution in [0, 0.1) is 16.0 Å². The summed E-state index contributed by atoms with van der Waals surface area (Å²) in [7, 11) is 0. The quantitative estimate of drug-likeness (QED) is 0.616. The molecular formula is C12H17ClN2O3. The molecule has 0 heterocycles. The average Bonchev–Trinajstić information content (AvgIpc) is 2.29. The molecular weight excluding hydrogens is 256 g/mol. The molecule has 0 amide bonds. The van der Waals surface area contributed by atoms with Gasteiger partial charge in [0.25, 0.3) is 5.69 Å². The van der Waals surface area contributed by atoms with Crippen molar-refractivity contribution in [3.05, 3.63) is 33.3 Å². The Morgan fingerprint density at radius 1 is 1.50 bits per heavy atom. The van der Waals surface area contributed by atoms with Crippen molar-refractivity contribution in [1.29, 1.82) is 0 Å². The lowest BCUT2D eigenvalue weighted by molar-refractivity contribution is -0.384. The molecule has 2 N–H and O–H groups in total. The van der Waals surface area contributed by atoms with E-state index in [1.54, 1.807) is 6.07 Å². The predicted molar refractivity (Wildman–Crippen MR) is 72.1 cm³/mol. The first-order chi connectivity index (χ1) is 8.45. The number of benzene rings is 1. The van der Waals surface area contributed by atoms with Gasteiger partial charge in [0.1, 0.15) is 5.69 Å². The van der Waals surface area contributed by atoms with E-state index >= 15 is 0 Å². The molecule has 18 heavy (non-hydrogen) atoms. The molecule has 0 radical (unpaired) electrons. The van der Waals surface area contributed by atoms with E-state index in [1.807, 2.05) is 13.8 Å². The Morgan fingerprint density at radius 3 is 2.67 bits per heavy atom. The standard InChI is InChI=1S/C12H17ClN2O3/c1-8(2)6-9(7-16)14-12-10(13)4-3-5-11(12)15(17)18/h3-5,8-9,14,16H,6-7H2,1-2H3. The highest BCUT2D eigenvalue weighted by molar-refractivity contribution is 6.33. The van der Waals surface area contributed by atoms with Gasteiger partial charge in [-0.1, -0.05) is 31.5 Å². The van der Waals surface area contributed by atoms with Gasteiger partial charge in [0, 0.05) is 12.1 Å². The summed E-state index contributed by atoms with van der Waals surface area (Å²) >= 11 is 5.96. The highest BCUT2D eigenvalue weighted by Gasteiger charge is 2.20. The maximum absolute atomic E-state index is 10.9.